The molecule has 0 radical (unpaired) electrons. The van der Waals surface area contributed by atoms with Crippen LogP contribution in [0.5, 0.6) is 0 Å². The quantitative estimate of drug-likeness (QED) is 0.622. The summed E-state index contributed by atoms with van der Waals surface area (Å²) in [7, 11) is 0. The lowest BCUT2D eigenvalue weighted by molar-refractivity contribution is 0.115. The predicted octanol–water partition coefficient (Wildman–Crippen LogP) is 0.194. The molecule has 0 bridgehead atoms. The third kappa shape index (κ3) is 3.91. The third-order valence-electron chi connectivity index (χ3n) is 4.18. The molecule has 4 heteroatoms. The van der Waals surface area contributed by atoms with Gasteiger partial charge in [0.25, 0.3) is 0 Å². The molecule has 0 aromatic rings. The minimum atomic E-state index is -0.270. The van der Waals surface area contributed by atoms with Gasteiger partial charge in [0.05, 0.1) is 6.10 Å². The SMILES string of the molecule is OCC1CCCC1NCC(O)CN1CCCC1. The fourth-order valence-electron chi connectivity index (χ4n) is 3.14. The molecule has 0 spiro atoms. The smallest absolute Gasteiger partial charge is 0.0791 e. The van der Waals surface area contributed by atoms with Gasteiger partial charge in [-0.05, 0) is 44.7 Å². The summed E-state index contributed by atoms with van der Waals surface area (Å²) in [5.41, 5.74) is 0. The number of β-amino-alcohol motifs (C(OH)–C–C–N with tert-alkyl or cyclic N) is 1. The van der Waals surface area contributed by atoms with Crippen molar-refractivity contribution in [1.29, 1.82) is 0 Å². The molecule has 2 rings (SSSR count). The Labute approximate surface area is 104 Å². The van der Waals surface area contributed by atoms with Gasteiger partial charge in [-0.15, -0.1) is 0 Å². The second-order valence-electron chi connectivity index (χ2n) is 5.55. The van der Waals surface area contributed by atoms with Crippen molar-refractivity contribution in [2.24, 2.45) is 5.92 Å². The van der Waals surface area contributed by atoms with Gasteiger partial charge in [0.1, 0.15) is 0 Å². The number of nitrogens with zero attached hydrogens (tertiary/aromatic N) is 1. The molecule has 3 atom stereocenters. The first-order chi connectivity index (χ1) is 8.29. The zero-order valence-corrected chi connectivity index (χ0v) is 10.6. The summed E-state index contributed by atoms with van der Waals surface area (Å²) in [5.74, 6) is 0.397. The van der Waals surface area contributed by atoms with Gasteiger partial charge in [0.2, 0.25) is 0 Å². The van der Waals surface area contributed by atoms with E-state index >= 15 is 0 Å². The van der Waals surface area contributed by atoms with Gasteiger partial charge in [-0.3, -0.25) is 0 Å². The van der Waals surface area contributed by atoms with Crippen LogP contribution in [0.25, 0.3) is 0 Å². The molecule has 3 N–H and O–H groups in total. The van der Waals surface area contributed by atoms with Gasteiger partial charge < -0.3 is 20.4 Å². The van der Waals surface area contributed by atoms with Crippen molar-refractivity contribution in [1.82, 2.24) is 10.2 Å². The van der Waals surface area contributed by atoms with Crippen molar-refractivity contribution in [3.63, 3.8) is 0 Å². The molecule has 1 aliphatic carbocycles. The monoisotopic (exact) mass is 242 g/mol. The van der Waals surface area contributed by atoms with Crippen LogP contribution in [0.15, 0.2) is 0 Å². The molecule has 1 heterocycles. The standard InChI is InChI=1S/C13H26N2O2/c16-10-11-4-3-5-13(11)14-8-12(17)9-15-6-1-2-7-15/h11-14,16-17H,1-10H2. The second kappa shape index (κ2) is 6.69. The molecule has 0 amide bonds. The van der Waals surface area contributed by atoms with E-state index in [0.717, 1.165) is 32.5 Å². The summed E-state index contributed by atoms with van der Waals surface area (Å²) < 4.78 is 0. The first-order valence-electron chi connectivity index (χ1n) is 7.04. The van der Waals surface area contributed by atoms with Crippen molar-refractivity contribution in [2.45, 2.75) is 44.2 Å². The average Bonchev–Trinajstić information content (AvgIpc) is 2.96. The zero-order chi connectivity index (χ0) is 12.1. The van der Waals surface area contributed by atoms with E-state index in [0.29, 0.717) is 18.5 Å². The largest absolute Gasteiger partial charge is 0.396 e. The summed E-state index contributed by atoms with van der Waals surface area (Å²) in [6, 6.07) is 0.410. The van der Waals surface area contributed by atoms with E-state index in [2.05, 4.69) is 10.2 Å². The van der Waals surface area contributed by atoms with Gasteiger partial charge in [0.15, 0.2) is 0 Å². The Morgan fingerprint density at radius 2 is 1.94 bits per heavy atom. The molecule has 1 saturated heterocycles. The highest BCUT2D eigenvalue weighted by molar-refractivity contribution is 4.83. The van der Waals surface area contributed by atoms with Crippen molar-refractivity contribution >= 4 is 0 Å². The fraction of sp³-hybridized carbons (Fsp3) is 1.00. The van der Waals surface area contributed by atoms with Crippen LogP contribution < -0.4 is 5.32 Å². The molecular weight excluding hydrogens is 216 g/mol. The summed E-state index contributed by atoms with van der Waals surface area (Å²) in [4.78, 5) is 2.34. The van der Waals surface area contributed by atoms with E-state index in [4.69, 9.17) is 0 Å². The Morgan fingerprint density at radius 3 is 2.65 bits per heavy atom. The third-order valence-corrected chi connectivity index (χ3v) is 4.18. The molecule has 3 unspecified atom stereocenters. The molecule has 1 aliphatic heterocycles. The van der Waals surface area contributed by atoms with Crippen molar-refractivity contribution in [3.8, 4) is 0 Å². The highest BCUT2D eigenvalue weighted by atomic mass is 16.3. The van der Waals surface area contributed by atoms with Crippen LogP contribution in [0.2, 0.25) is 0 Å². The van der Waals surface area contributed by atoms with E-state index in [-0.39, 0.29) is 12.7 Å². The lowest BCUT2D eigenvalue weighted by Crippen LogP contribution is -2.42. The zero-order valence-electron chi connectivity index (χ0n) is 10.6. The minimum Gasteiger partial charge on any atom is -0.396 e. The predicted molar refractivity (Wildman–Crippen MR) is 67.9 cm³/mol. The summed E-state index contributed by atoms with van der Waals surface area (Å²) >= 11 is 0. The van der Waals surface area contributed by atoms with Gasteiger partial charge in [-0.2, -0.15) is 0 Å². The normalized spacial score (nSPS) is 32.1. The van der Waals surface area contributed by atoms with Crippen LogP contribution >= 0.6 is 0 Å². The van der Waals surface area contributed by atoms with E-state index in [1.165, 1.54) is 19.3 Å². The minimum absolute atomic E-state index is 0.270. The molecular formula is C13H26N2O2. The van der Waals surface area contributed by atoms with Gasteiger partial charge in [-0.25, -0.2) is 0 Å². The number of nitrogens with one attached hydrogen (secondary N) is 1. The van der Waals surface area contributed by atoms with Crippen molar-refractivity contribution < 1.29 is 10.2 Å². The summed E-state index contributed by atoms with van der Waals surface area (Å²) in [5, 5.41) is 22.6. The summed E-state index contributed by atoms with van der Waals surface area (Å²) in [6.45, 7) is 4.01. The van der Waals surface area contributed by atoms with Crippen LogP contribution in [0.1, 0.15) is 32.1 Å². The molecule has 100 valence electrons. The maximum Gasteiger partial charge on any atom is 0.0791 e. The number of hydrogen-bond acceptors (Lipinski definition) is 4. The Balaban J connectivity index is 1.63. The number of aliphatic hydroxyl groups excluding tert-OH is 2. The average molecular weight is 242 g/mol. The number of hydrogen-bond donors (Lipinski definition) is 3. The first-order valence-corrected chi connectivity index (χ1v) is 7.04. The first kappa shape index (κ1) is 13.3. The highest BCUT2D eigenvalue weighted by Crippen LogP contribution is 2.24. The fourth-order valence-corrected chi connectivity index (χ4v) is 3.14. The van der Waals surface area contributed by atoms with E-state index in [1.54, 1.807) is 0 Å². The van der Waals surface area contributed by atoms with Gasteiger partial charge >= 0.3 is 0 Å². The molecule has 4 nitrogen and oxygen atoms in total. The Bertz CT molecular complexity index is 219. The second-order valence-corrected chi connectivity index (χ2v) is 5.55. The molecule has 0 aromatic carbocycles. The van der Waals surface area contributed by atoms with E-state index in [9.17, 15) is 10.2 Å². The summed E-state index contributed by atoms with van der Waals surface area (Å²) in [6.07, 6.45) is 5.74. The van der Waals surface area contributed by atoms with Crippen molar-refractivity contribution in [2.75, 3.05) is 32.8 Å². The molecule has 2 aliphatic rings. The van der Waals surface area contributed by atoms with Crippen LogP contribution in [0, 0.1) is 5.92 Å². The van der Waals surface area contributed by atoms with Gasteiger partial charge in [0, 0.05) is 25.7 Å². The number of likely N-dealkylation sites (tertiary alicyclic amines) is 1. The Kier molecular flexibility index (Phi) is 5.22. The van der Waals surface area contributed by atoms with Crippen LogP contribution in [-0.4, -0.2) is 60.0 Å². The van der Waals surface area contributed by atoms with Crippen molar-refractivity contribution in [3.05, 3.63) is 0 Å². The number of aliphatic hydroxyl groups is 2. The van der Waals surface area contributed by atoms with Crippen LogP contribution in [0.3, 0.4) is 0 Å². The molecule has 1 saturated carbocycles. The lowest BCUT2D eigenvalue weighted by Gasteiger charge is -2.23. The van der Waals surface area contributed by atoms with Crippen LogP contribution in [0.4, 0.5) is 0 Å². The maximum atomic E-state index is 9.96. The highest BCUT2D eigenvalue weighted by Gasteiger charge is 2.26. The van der Waals surface area contributed by atoms with Crippen LogP contribution in [-0.2, 0) is 0 Å². The maximum absolute atomic E-state index is 9.96. The topological polar surface area (TPSA) is 55.7 Å². The van der Waals surface area contributed by atoms with E-state index < -0.39 is 0 Å². The molecule has 0 aromatic heterocycles. The Hall–Kier alpha value is -0.160. The molecule has 2 fully saturated rings. The van der Waals surface area contributed by atoms with E-state index in [1.807, 2.05) is 0 Å². The van der Waals surface area contributed by atoms with Gasteiger partial charge in [-0.1, -0.05) is 6.42 Å². The lowest BCUT2D eigenvalue weighted by atomic mass is 10.1. The molecule has 17 heavy (non-hydrogen) atoms. The number of rotatable bonds is 6. The Morgan fingerprint density at radius 1 is 1.18 bits per heavy atom.